The van der Waals surface area contributed by atoms with Gasteiger partial charge in [0.2, 0.25) is 5.91 Å². The van der Waals surface area contributed by atoms with Crippen LogP contribution in [0.2, 0.25) is 0 Å². The van der Waals surface area contributed by atoms with Gasteiger partial charge in [0.25, 0.3) is 0 Å². The molecule has 0 saturated heterocycles. The second-order valence-corrected chi connectivity index (χ2v) is 6.87. The number of hydrogen-bond donors (Lipinski definition) is 2. The van der Waals surface area contributed by atoms with Crippen LogP contribution in [0.25, 0.3) is 0 Å². The minimum atomic E-state index is -1.08. The van der Waals surface area contributed by atoms with Crippen molar-refractivity contribution < 1.29 is 24.2 Å². The summed E-state index contributed by atoms with van der Waals surface area (Å²) in [5.74, 6) is -0.0991. The standard InChI is InChI=1S/C19H27NO5/c1-12(2)10-13(3)24-9-7-17(21)20-18(19(22)23)15-4-5-16-14(11-15)6-8-25-16/h4-5,11-13,18H,6-10H2,1-3H3,(H,20,21)(H,22,23). The molecule has 0 saturated carbocycles. The molecular formula is C19H27NO5. The van der Waals surface area contributed by atoms with Crippen LogP contribution in [0, 0.1) is 5.92 Å². The number of hydrogen-bond acceptors (Lipinski definition) is 4. The van der Waals surface area contributed by atoms with Crippen molar-refractivity contribution in [1.82, 2.24) is 5.32 Å². The molecule has 0 spiro atoms. The Morgan fingerprint density at radius 2 is 2.08 bits per heavy atom. The van der Waals surface area contributed by atoms with E-state index in [4.69, 9.17) is 9.47 Å². The zero-order valence-electron chi connectivity index (χ0n) is 15.1. The van der Waals surface area contributed by atoms with Crippen molar-refractivity contribution in [2.75, 3.05) is 13.2 Å². The van der Waals surface area contributed by atoms with Crippen LogP contribution < -0.4 is 10.1 Å². The number of carbonyl (C=O) groups is 2. The van der Waals surface area contributed by atoms with Crippen molar-refractivity contribution in [1.29, 1.82) is 0 Å². The number of ether oxygens (including phenoxy) is 2. The first-order valence-corrected chi connectivity index (χ1v) is 8.76. The molecule has 0 fully saturated rings. The Hall–Kier alpha value is -2.08. The molecule has 0 aliphatic carbocycles. The quantitative estimate of drug-likeness (QED) is 0.716. The van der Waals surface area contributed by atoms with Crippen LogP contribution in [0.4, 0.5) is 0 Å². The molecule has 6 heteroatoms. The summed E-state index contributed by atoms with van der Waals surface area (Å²) >= 11 is 0. The van der Waals surface area contributed by atoms with Crippen LogP contribution in [0.3, 0.4) is 0 Å². The SMILES string of the molecule is CC(C)CC(C)OCCC(=O)NC(C(=O)O)c1ccc2c(c1)CCO2. The third kappa shape index (κ3) is 5.74. The molecule has 0 aromatic heterocycles. The highest BCUT2D eigenvalue weighted by Gasteiger charge is 2.24. The first kappa shape index (κ1) is 19.2. The van der Waals surface area contributed by atoms with Gasteiger partial charge in [-0.25, -0.2) is 4.79 Å². The van der Waals surface area contributed by atoms with Crippen molar-refractivity contribution in [2.45, 2.75) is 52.2 Å². The predicted octanol–water partition coefficient (Wildman–Crippen LogP) is 2.70. The van der Waals surface area contributed by atoms with E-state index >= 15 is 0 Å². The fourth-order valence-electron chi connectivity index (χ4n) is 2.99. The lowest BCUT2D eigenvalue weighted by molar-refractivity contribution is -0.142. The fraction of sp³-hybridized carbons (Fsp3) is 0.579. The molecule has 25 heavy (non-hydrogen) atoms. The summed E-state index contributed by atoms with van der Waals surface area (Å²) in [5, 5.41) is 12.0. The summed E-state index contributed by atoms with van der Waals surface area (Å²) in [6, 6.07) is 4.18. The largest absolute Gasteiger partial charge is 0.493 e. The molecule has 0 bridgehead atoms. The van der Waals surface area contributed by atoms with Gasteiger partial charge >= 0.3 is 5.97 Å². The van der Waals surface area contributed by atoms with E-state index in [1.165, 1.54) is 0 Å². The lowest BCUT2D eigenvalue weighted by Crippen LogP contribution is -2.34. The second-order valence-electron chi connectivity index (χ2n) is 6.87. The monoisotopic (exact) mass is 349 g/mol. The maximum Gasteiger partial charge on any atom is 0.330 e. The topological polar surface area (TPSA) is 84.9 Å². The number of carbonyl (C=O) groups excluding carboxylic acids is 1. The predicted molar refractivity (Wildman–Crippen MR) is 93.6 cm³/mol. The molecule has 6 nitrogen and oxygen atoms in total. The number of rotatable bonds is 9. The lowest BCUT2D eigenvalue weighted by Gasteiger charge is -2.17. The molecule has 2 unspecified atom stereocenters. The first-order chi connectivity index (χ1) is 11.9. The van der Waals surface area contributed by atoms with Gasteiger partial charge in [0, 0.05) is 6.42 Å². The normalized spacial score (nSPS) is 15.4. The molecule has 1 aliphatic heterocycles. The molecule has 2 rings (SSSR count). The van der Waals surface area contributed by atoms with E-state index in [0.717, 1.165) is 24.2 Å². The highest BCUT2D eigenvalue weighted by Crippen LogP contribution is 2.28. The molecule has 138 valence electrons. The van der Waals surface area contributed by atoms with E-state index in [-0.39, 0.29) is 25.0 Å². The van der Waals surface area contributed by atoms with E-state index in [1.54, 1.807) is 18.2 Å². The van der Waals surface area contributed by atoms with E-state index in [0.29, 0.717) is 18.1 Å². The minimum Gasteiger partial charge on any atom is -0.493 e. The third-order valence-corrected chi connectivity index (χ3v) is 4.13. The van der Waals surface area contributed by atoms with E-state index < -0.39 is 12.0 Å². The van der Waals surface area contributed by atoms with Gasteiger partial charge in [-0.3, -0.25) is 4.79 Å². The lowest BCUT2D eigenvalue weighted by atomic mass is 10.0. The Morgan fingerprint density at radius 3 is 2.76 bits per heavy atom. The van der Waals surface area contributed by atoms with E-state index in [9.17, 15) is 14.7 Å². The molecule has 1 amide bonds. The van der Waals surface area contributed by atoms with Crippen LogP contribution in [-0.4, -0.2) is 36.3 Å². The average molecular weight is 349 g/mol. The maximum atomic E-state index is 12.1. The van der Waals surface area contributed by atoms with E-state index in [1.807, 2.05) is 6.92 Å². The molecule has 0 radical (unpaired) electrons. The van der Waals surface area contributed by atoms with Gasteiger partial charge in [-0.15, -0.1) is 0 Å². The average Bonchev–Trinajstić information content (AvgIpc) is 2.99. The van der Waals surface area contributed by atoms with Crippen molar-refractivity contribution in [2.24, 2.45) is 5.92 Å². The summed E-state index contributed by atoms with van der Waals surface area (Å²) < 4.78 is 11.0. The number of nitrogens with one attached hydrogen (secondary N) is 1. The molecular weight excluding hydrogens is 322 g/mol. The Morgan fingerprint density at radius 1 is 1.32 bits per heavy atom. The first-order valence-electron chi connectivity index (χ1n) is 8.76. The van der Waals surface area contributed by atoms with Crippen LogP contribution in [0.15, 0.2) is 18.2 Å². The summed E-state index contributed by atoms with van der Waals surface area (Å²) in [6.45, 7) is 7.10. The Labute approximate surface area is 148 Å². The van der Waals surface area contributed by atoms with Crippen LogP contribution in [-0.2, 0) is 20.7 Å². The minimum absolute atomic E-state index is 0.0831. The van der Waals surface area contributed by atoms with Gasteiger partial charge in [0.05, 0.1) is 25.7 Å². The highest BCUT2D eigenvalue weighted by atomic mass is 16.5. The van der Waals surface area contributed by atoms with Crippen molar-refractivity contribution in [3.63, 3.8) is 0 Å². The van der Waals surface area contributed by atoms with E-state index in [2.05, 4.69) is 19.2 Å². The van der Waals surface area contributed by atoms with Crippen molar-refractivity contribution in [3.05, 3.63) is 29.3 Å². The third-order valence-electron chi connectivity index (χ3n) is 4.13. The molecule has 1 aromatic rings. The zero-order chi connectivity index (χ0) is 18.4. The zero-order valence-corrected chi connectivity index (χ0v) is 15.1. The number of carboxylic acids is 1. The van der Waals surface area contributed by atoms with Crippen LogP contribution in [0.1, 0.15) is 50.8 Å². The Bertz CT molecular complexity index is 614. The molecule has 1 aliphatic rings. The van der Waals surface area contributed by atoms with Gasteiger partial charge in [0.1, 0.15) is 5.75 Å². The fourth-order valence-corrected chi connectivity index (χ4v) is 2.99. The Balaban J connectivity index is 1.89. The van der Waals surface area contributed by atoms with Crippen molar-refractivity contribution in [3.8, 4) is 5.75 Å². The summed E-state index contributed by atoms with van der Waals surface area (Å²) in [5.41, 5.74) is 1.53. The van der Waals surface area contributed by atoms with Gasteiger partial charge in [-0.05, 0) is 42.5 Å². The number of aliphatic carboxylic acids is 1. The molecule has 2 N–H and O–H groups in total. The smallest absolute Gasteiger partial charge is 0.330 e. The molecule has 1 aromatic carbocycles. The van der Waals surface area contributed by atoms with Crippen LogP contribution >= 0.6 is 0 Å². The second kappa shape index (κ2) is 8.85. The van der Waals surface area contributed by atoms with Gasteiger partial charge in [-0.1, -0.05) is 19.9 Å². The van der Waals surface area contributed by atoms with Gasteiger partial charge in [-0.2, -0.15) is 0 Å². The number of benzene rings is 1. The summed E-state index contributed by atoms with van der Waals surface area (Å²) in [6.07, 6.45) is 1.90. The highest BCUT2D eigenvalue weighted by molar-refractivity contribution is 5.84. The number of fused-ring (bicyclic) bond motifs is 1. The Kier molecular flexibility index (Phi) is 6.82. The number of carboxylic acid groups (broad SMARTS) is 1. The molecule has 1 heterocycles. The summed E-state index contributed by atoms with van der Waals surface area (Å²) in [4.78, 5) is 23.7. The number of amides is 1. The molecule has 2 atom stereocenters. The van der Waals surface area contributed by atoms with Gasteiger partial charge < -0.3 is 19.9 Å². The summed E-state index contributed by atoms with van der Waals surface area (Å²) in [7, 11) is 0. The van der Waals surface area contributed by atoms with Crippen molar-refractivity contribution >= 4 is 11.9 Å². The van der Waals surface area contributed by atoms with Gasteiger partial charge in [0.15, 0.2) is 6.04 Å². The van der Waals surface area contributed by atoms with Crippen LogP contribution in [0.5, 0.6) is 5.75 Å². The maximum absolute atomic E-state index is 12.1.